The van der Waals surface area contributed by atoms with Crippen molar-refractivity contribution in [3.05, 3.63) is 42.0 Å². The second kappa shape index (κ2) is 7.30. The van der Waals surface area contributed by atoms with Crippen LogP contribution >= 0.6 is 11.8 Å². The molecule has 0 saturated carbocycles. The summed E-state index contributed by atoms with van der Waals surface area (Å²) in [6.45, 7) is 6.04. The average molecular weight is 288 g/mol. The average Bonchev–Trinajstić information content (AvgIpc) is 3.03. The van der Waals surface area contributed by atoms with E-state index in [0.717, 1.165) is 12.6 Å². The van der Waals surface area contributed by atoms with Gasteiger partial charge in [0.2, 0.25) is 0 Å². The number of benzene rings is 1. The molecular formula is C17H24N2S. The van der Waals surface area contributed by atoms with Crippen molar-refractivity contribution in [3.63, 3.8) is 0 Å². The highest BCUT2D eigenvalue weighted by molar-refractivity contribution is 7.99. The highest BCUT2D eigenvalue weighted by Crippen LogP contribution is 2.23. The molecule has 0 aliphatic carbocycles. The van der Waals surface area contributed by atoms with Crippen LogP contribution < -0.4 is 0 Å². The van der Waals surface area contributed by atoms with Crippen molar-refractivity contribution in [2.24, 2.45) is 0 Å². The summed E-state index contributed by atoms with van der Waals surface area (Å²) in [5, 5.41) is 0. The first-order chi connectivity index (χ1) is 9.92. The van der Waals surface area contributed by atoms with Crippen molar-refractivity contribution in [1.82, 2.24) is 9.80 Å². The molecule has 108 valence electrons. The Morgan fingerprint density at radius 2 is 1.90 bits per heavy atom. The summed E-state index contributed by atoms with van der Waals surface area (Å²) >= 11 is 2.12. The lowest BCUT2D eigenvalue weighted by atomic mass is 10.2. The van der Waals surface area contributed by atoms with E-state index in [1.165, 1.54) is 49.7 Å². The summed E-state index contributed by atoms with van der Waals surface area (Å²) in [4.78, 5) is 5.27. The first kappa shape index (κ1) is 14.2. The van der Waals surface area contributed by atoms with E-state index in [-0.39, 0.29) is 0 Å². The largest absolute Gasteiger partial charge is 0.297 e. The van der Waals surface area contributed by atoms with Crippen LogP contribution in [-0.2, 0) is 0 Å². The summed E-state index contributed by atoms with van der Waals surface area (Å²) in [6, 6.07) is 11.4. The summed E-state index contributed by atoms with van der Waals surface area (Å²) in [7, 11) is 0. The van der Waals surface area contributed by atoms with Gasteiger partial charge in [-0.05, 0) is 17.7 Å². The van der Waals surface area contributed by atoms with Gasteiger partial charge in [-0.15, -0.1) is 0 Å². The number of thioether (sulfide) groups is 1. The molecule has 20 heavy (non-hydrogen) atoms. The topological polar surface area (TPSA) is 6.48 Å². The Morgan fingerprint density at radius 3 is 2.60 bits per heavy atom. The third-order valence-corrected chi connectivity index (χ3v) is 5.45. The Bertz CT molecular complexity index is 418. The van der Waals surface area contributed by atoms with Crippen molar-refractivity contribution in [2.75, 3.05) is 44.2 Å². The lowest BCUT2D eigenvalue weighted by Crippen LogP contribution is -2.50. The van der Waals surface area contributed by atoms with Gasteiger partial charge in [-0.2, -0.15) is 11.8 Å². The van der Waals surface area contributed by atoms with Gasteiger partial charge >= 0.3 is 0 Å². The predicted molar refractivity (Wildman–Crippen MR) is 89.2 cm³/mol. The van der Waals surface area contributed by atoms with Crippen molar-refractivity contribution in [2.45, 2.75) is 12.5 Å². The van der Waals surface area contributed by atoms with Crippen LogP contribution in [0.2, 0.25) is 0 Å². The molecule has 2 aliphatic rings. The minimum Gasteiger partial charge on any atom is -0.297 e. The van der Waals surface area contributed by atoms with Crippen LogP contribution in [0.15, 0.2) is 36.4 Å². The van der Waals surface area contributed by atoms with E-state index >= 15 is 0 Å². The minimum absolute atomic E-state index is 0.863. The second-order valence-corrected chi connectivity index (χ2v) is 6.82. The molecule has 2 nitrogen and oxygen atoms in total. The Balaban J connectivity index is 1.41. The van der Waals surface area contributed by atoms with E-state index in [9.17, 15) is 0 Å². The van der Waals surface area contributed by atoms with Gasteiger partial charge in [0, 0.05) is 44.5 Å². The molecule has 0 N–H and O–H groups in total. The number of hydrogen-bond acceptors (Lipinski definition) is 3. The van der Waals surface area contributed by atoms with Crippen molar-refractivity contribution >= 4 is 17.8 Å². The molecule has 1 aromatic carbocycles. The van der Waals surface area contributed by atoms with Crippen LogP contribution in [0.5, 0.6) is 0 Å². The standard InChI is InChI=1S/C17H24N2S/c1-2-5-16(6-3-1)7-4-9-18-10-12-19(13-11-18)17-8-14-20-15-17/h1-7,17H,8-15H2/b7-4+. The minimum atomic E-state index is 0.863. The van der Waals surface area contributed by atoms with Crippen LogP contribution in [0, 0.1) is 0 Å². The molecule has 1 atom stereocenters. The Labute approximate surface area is 126 Å². The zero-order chi connectivity index (χ0) is 13.6. The predicted octanol–water partition coefficient (Wildman–Crippen LogP) is 2.82. The van der Waals surface area contributed by atoms with Gasteiger partial charge < -0.3 is 0 Å². The van der Waals surface area contributed by atoms with Crippen molar-refractivity contribution < 1.29 is 0 Å². The summed E-state index contributed by atoms with van der Waals surface area (Å²) in [5.74, 6) is 2.72. The van der Waals surface area contributed by atoms with Crippen LogP contribution in [0.3, 0.4) is 0 Å². The van der Waals surface area contributed by atoms with E-state index in [1.54, 1.807) is 0 Å². The zero-order valence-corrected chi connectivity index (χ0v) is 12.9. The van der Waals surface area contributed by atoms with E-state index in [2.05, 4.69) is 64.0 Å². The lowest BCUT2D eigenvalue weighted by molar-refractivity contribution is 0.112. The van der Waals surface area contributed by atoms with Gasteiger partial charge in [0.1, 0.15) is 0 Å². The van der Waals surface area contributed by atoms with Gasteiger partial charge in [-0.1, -0.05) is 42.5 Å². The van der Waals surface area contributed by atoms with Gasteiger partial charge in [-0.25, -0.2) is 0 Å². The SMILES string of the molecule is C(=C\c1ccccc1)/CN1CCN(C2CCSC2)CC1. The van der Waals surface area contributed by atoms with Gasteiger partial charge in [0.15, 0.2) is 0 Å². The third-order valence-electron chi connectivity index (χ3n) is 4.30. The molecule has 1 unspecified atom stereocenters. The summed E-state index contributed by atoms with van der Waals surface area (Å²) in [5.41, 5.74) is 1.30. The van der Waals surface area contributed by atoms with Crippen LogP contribution in [-0.4, -0.2) is 60.1 Å². The fourth-order valence-electron chi connectivity index (χ4n) is 3.02. The Morgan fingerprint density at radius 1 is 1.10 bits per heavy atom. The lowest BCUT2D eigenvalue weighted by Gasteiger charge is -2.37. The molecule has 0 amide bonds. The molecule has 0 aromatic heterocycles. The molecule has 3 heteroatoms. The Hall–Kier alpha value is -0.770. The molecule has 2 saturated heterocycles. The van der Waals surface area contributed by atoms with E-state index in [4.69, 9.17) is 0 Å². The summed E-state index contributed by atoms with van der Waals surface area (Å²) < 4.78 is 0. The zero-order valence-electron chi connectivity index (χ0n) is 12.1. The van der Waals surface area contributed by atoms with Crippen molar-refractivity contribution in [3.8, 4) is 0 Å². The number of nitrogens with zero attached hydrogens (tertiary/aromatic N) is 2. The van der Waals surface area contributed by atoms with Crippen LogP contribution in [0.4, 0.5) is 0 Å². The molecule has 2 heterocycles. The maximum atomic E-state index is 2.71. The maximum absolute atomic E-state index is 2.71. The smallest absolute Gasteiger partial charge is 0.0195 e. The summed E-state index contributed by atoms with van der Waals surface area (Å²) in [6.07, 6.45) is 5.94. The molecule has 3 rings (SSSR count). The molecular weight excluding hydrogens is 264 g/mol. The quantitative estimate of drug-likeness (QED) is 0.841. The van der Waals surface area contributed by atoms with Gasteiger partial charge in [-0.3, -0.25) is 9.80 Å². The monoisotopic (exact) mass is 288 g/mol. The fraction of sp³-hybridized carbons (Fsp3) is 0.529. The van der Waals surface area contributed by atoms with Crippen LogP contribution in [0.1, 0.15) is 12.0 Å². The number of rotatable bonds is 4. The third kappa shape index (κ3) is 3.87. The number of piperazine rings is 1. The molecule has 0 spiro atoms. The number of hydrogen-bond donors (Lipinski definition) is 0. The Kier molecular flexibility index (Phi) is 5.17. The highest BCUT2D eigenvalue weighted by Gasteiger charge is 2.25. The normalized spacial score (nSPS) is 25.5. The van der Waals surface area contributed by atoms with Gasteiger partial charge in [0.05, 0.1) is 0 Å². The molecule has 2 aliphatic heterocycles. The fourth-order valence-corrected chi connectivity index (χ4v) is 4.28. The van der Waals surface area contributed by atoms with Crippen LogP contribution in [0.25, 0.3) is 6.08 Å². The molecule has 1 aromatic rings. The second-order valence-electron chi connectivity index (χ2n) is 5.67. The first-order valence-electron chi connectivity index (χ1n) is 7.67. The van der Waals surface area contributed by atoms with E-state index in [1.807, 2.05) is 0 Å². The van der Waals surface area contributed by atoms with E-state index < -0.39 is 0 Å². The molecule has 2 fully saturated rings. The molecule has 0 radical (unpaired) electrons. The molecule has 0 bridgehead atoms. The first-order valence-corrected chi connectivity index (χ1v) is 8.83. The van der Waals surface area contributed by atoms with Gasteiger partial charge in [0.25, 0.3) is 0 Å². The highest BCUT2D eigenvalue weighted by atomic mass is 32.2. The van der Waals surface area contributed by atoms with Crippen molar-refractivity contribution in [1.29, 1.82) is 0 Å². The maximum Gasteiger partial charge on any atom is 0.0195 e. The van der Waals surface area contributed by atoms with E-state index in [0.29, 0.717) is 0 Å².